The molecule has 1 aromatic rings. The lowest BCUT2D eigenvalue weighted by atomic mass is 10.1. The van der Waals surface area contributed by atoms with E-state index in [0.717, 1.165) is 13.1 Å². The molecule has 1 saturated heterocycles. The van der Waals surface area contributed by atoms with Crippen LogP contribution < -0.4 is 5.32 Å². The van der Waals surface area contributed by atoms with Crippen LogP contribution >= 0.6 is 0 Å². The summed E-state index contributed by atoms with van der Waals surface area (Å²) >= 11 is 0. The van der Waals surface area contributed by atoms with Gasteiger partial charge in [-0.2, -0.15) is 0 Å². The maximum Gasteiger partial charge on any atom is 0.0231 e. The van der Waals surface area contributed by atoms with Gasteiger partial charge < -0.3 is 10.2 Å². The Balaban J connectivity index is 1.84. The van der Waals surface area contributed by atoms with Crippen LogP contribution in [0.15, 0.2) is 24.3 Å². The van der Waals surface area contributed by atoms with Crippen molar-refractivity contribution in [2.24, 2.45) is 0 Å². The number of nitrogens with one attached hydrogen (secondary N) is 1. The molecular formula is C14H22N2. The van der Waals surface area contributed by atoms with Gasteiger partial charge in [0.25, 0.3) is 0 Å². The molecule has 2 rings (SSSR count). The van der Waals surface area contributed by atoms with Crippen LogP contribution in [0.2, 0.25) is 0 Å². The summed E-state index contributed by atoms with van der Waals surface area (Å²) in [6.45, 7) is 5.57. The van der Waals surface area contributed by atoms with Crippen LogP contribution in [-0.2, 0) is 6.54 Å². The summed E-state index contributed by atoms with van der Waals surface area (Å²) in [4.78, 5) is 2.41. The normalized spacial score (nSPS) is 20.6. The molecule has 0 radical (unpaired) electrons. The summed E-state index contributed by atoms with van der Waals surface area (Å²) in [6.07, 6.45) is 2.67. The lowest BCUT2D eigenvalue weighted by molar-refractivity contribution is 0.293. The number of aryl methyl sites for hydroxylation is 1. The summed E-state index contributed by atoms with van der Waals surface area (Å²) < 4.78 is 0. The van der Waals surface area contributed by atoms with E-state index in [1.54, 1.807) is 0 Å². The fourth-order valence-electron chi connectivity index (χ4n) is 2.48. The SMILES string of the molecule is Cc1cccc(CN(C)C[C@H]2CCCN2)c1. The van der Waals surface area contributed by atoms with Crippen molar-refractivity contribution in [2.45, 2.75) is 32.4 Å². The molecule has 0 aliphatic carbocycles. The highest BCUT2D eigenvalue weighted by molar-refractivity contribution is 5.22. The molecule has 88 valence electrons. The molecule has 0 saturated carbocycles. The van der Waals surface area contributed by atoms with Crippen LogP contribution in [0.25, 0.3) is 0 Å². The molecule has 1 heterocycles. The summed E-state index contributed by atoms with van der Waals surface area (Å²) in [5, 5.41) is 3.54. The molecule has 1 aliphatic rings. The first-order valence-corrected chi connectivity index (χ1v) is 6.21. The summed E-state index contributed by atoms with van der Waals surface area (Å²) in [6, 6.07) is 9.49. The molecule has 2 nitrogen and oxygen atoms in total. The topological polar surface area (TPSA) is 15.3 Å². The van der Waals surface area contributed by atoms with Crippen LogP contribution in [0.1, 0.15) is 24.0 Å². The second-order valence-corrected chi connectivity index (χ2v) is 4.98. The van der Waals surface area contributed by atoms with Gasteiger partial charge in [0.2, 0.25) is 0 Å². The molecule has 0 aromatic heterocycles. The van der Waals surface area contributed by atoms with Crippen LogP contribution in [0.5, 0.6) is 0 Å². The van der Waals surface area contributed by atoms with Gasteiger partial charge >= 0.3 is 0 Å². The third-order valence-electron chi connectivity index (χ3n) is 3.23. The van der Waals surface area contributed by atoms with E-state index in [1.165, 1.54) is 30.5 Å². The molecule has 1 aromatic carbocycles. The van der Waals surface area contributed by atoms with Crippen LogP contribution in [0.3, 0.4) is 0 Å². The minimum absolute atomic E-state index is 0.704. The van der Waals surface area contributed by atoms with E-state index >= 15 is 0 Å². The summed E-state index contributed by atoms with van der Waals surface area (Å²) in [5.41, 5.74) is 2.77. The number of hydrogen-bond donors (Lipinski definition) is 1. The Kier molecular flexibility index (Phi) is 3.97. The first-order valence-electron chi connectivity index (χ1n) is 6.21. The molecule has 0 bridgehead atoms. The molecule has 1 aliphatic heterocycles. The number of rotatable bonds is 4. The first-order chi connectivity index (χ1) is 7.74. The molecule has 1 atom stereocenters. The highest BCUT2D eigenvalue weighted by Crippen LogP contribution is 2.10. The minimum Gasteiger partial charge on any atom is -0.313 e. The molecule has 1 N–H and O–H groups in total. The van der Waals surface area contributed by atoms with Gasteiger partial charge in [-0.15, -0.1) is 0 Å². The zero-order valence-corrected chi connectivity index (χ0v) is 10.4. The number of likely N-dealkylation sites (N-methyl/N-ethyl adjacent to an activating group) is 1. The lowest BCUT2D eigenvalue weighted by Gasteiger charge is -2.21. The summed E-state index contributed by atoms with van der Waals surface area (Å²) in [7, 11) is 2.21. The smallest absolute Gasteiger partial charge is 0.0231 e. The van der Waals surface area contributed by atoms with E-state index in [2.05, 4.69) is 48.5 Å². The maximum atomic E-state index is 3.54. The Morgan fingerprint density at radius 2 is 2.31 bits per heavy atom. The van der Waals surface area contributed by atoms with E-state index in [-0.39, 0.29) is 0 Å². The van der Waals surface area contributed by atoms with E-state index in [9.17, 15) is 0 Å². The molecule has 0 unspecified atom stereocenters. The fourth-order valence-corrected chi connectivity index (χ4v) is 2.48. The second kappa shape index (κ2) is 5.46. The van der Waals surface area contributed by atoms with Crippen LogP contribution in [-0.4, -0.2) is 31.1 Å². The average molecular weight is 218 g/mol. The van der Waals surface area contributed by atoms with Gasteiger partial charge in [-0.3, -0.25) is 0 Å². The Hall–Kier alpha value is -0.860. The molecular weight excluding hydrogens is 196 g/mol. The van der Waals surface area contributed by atoms with Crippen LogP contribution in [0, 0.1) is 6.92 Å². The molecule has 0 amide bonds. The van der Waals surface area contributed by atoms with E-state index in [4.69, 9.17) is 0 Å². The van der Waals surface area contributed by atoms with Crippen molar-refractivity contribution in [1.82, 2.24) is 10.2 Å². The van der Waals surface area contributed by atoms with E-state index in [0.29, 0.717) is 6.04 Å². The van der Waals surface area contributed by atoms with E-state index in [1.807, 2.05) is 0 Å². The standard InChI is InChI=1S/C14H22N2/c1-12-5-3-6-13(9-12)10-16(2)11-14-7-4-8-15-14/h3,5-6,9,14-15H,4,7-8,10-11H2,1-2H3/t14-/m1/s1. The van der Waals surface area contributed by atoms with Gasteiger partial charge in [0.05, 0.1) is 0 Å². The Labute approximate surface area is 98.7 Å². The maximum absolute atomic E-state index is 3.54. The van der Waals surface area contributed by atoms with Gasteiger partial charge in [0.1, 0.15) is 0 Å². The Bertz CT molecular complexity index is 329. The van der Waals surface area contributed by atoms with Crippen LogP contribution in [0.4, 0.5) is 0 Å². The van der Waals surface area contributed by atoms with Crippen molar-refractivity contribution < 1.29 is 0 Å². The number of benzene rings is 1. The predicted octanol–water partition coefficient (Wildman–Crippen LogP) is 2.18. The van der Waals surface area contributed by atoms with Gasteiger partial charge in [0, 0.05) is 19.1 Å². The van der Waals surface area contributed by atoms with Crippen molar-refractivity contribution in [3.8, 4) is 0 Å². The Morgan fingerprint density at radius 1 is 1.44 bits per heavy atom. The predicted molar refractivity (Wildman–Crippen MR) is 68.5 cm³/mol. The fraction of sp³-hybridized carbons (Fsp3) is 0.571. The molecule has 1 fully saturated rings. The summed E-state index contributed by atoms with van der Waals surface area (Å²) in [5.74, 6) is 0. The Morgan fingerprint density at radius 3 is 3.00 bits per heavy atom. The van der Waals surface area contributed by atoms with Gasteiger partial charge in [-0.1, -0.05) is 29.8 Å². The van der Waals surface area contributed by atoms with Gasteiger partial charge in [0.15, 0.2) is 0 Å². The van der Waals surface area contributed by atoms with Crippen molar-refractivity contribution in [1.29, 1.82) is 0 Å². The monoisotopic (exact) mass is 218 g/mol. The van der Waals surface area contributed by atoms with Gasteiger partial charge in [-0.25, -0.2) is 0 Å². The molecule has 16 heavy (non-hydrogen) atoms. The van der Waals surface area contributed by atoms with Crippen molar-refractivity contribution in [3.63, 3.8) is 0 Å². The van der Waals surface area contributed by atoms with Gasteiger partial charge in [-0.05, 0) is 38.9 Å². The first kappa shape index (κ1) is 11.6. The minimum atomic E-state index is 0.704. The third-order valence-corrected chi connectivity index (χ3v) is 3.23. The van der Waals surface area contributed by atoms with E-state index < -0.39 is 0 Å². The highest BCUT2D eigenvalue weighted by Gasteiger charge is 2.15. The number of nitrogens with zero attached hydrogens (tertiary/aromatic N) is 1. The molecule has 2 heteroatoms. The lowest BCUT2D eigenvalue weighted by Crippen LogP contribution is -2.34. The largest absolute Gasteiger partial charge is 0.313 e. The molecule has 0 spiro atoms. The zero-order valence-electron chi connectivity index (χ0n) is 10.4. The number of hydrogen-bond acceptors (Lipinski definition) is 2. The van der Waals surface area contributed by atoms with Crippen molar-refractivity contribution in [3.05, 3.63) is 35.4 Å². The third kappa shape index (κ3) is 3.32. The van der Waals surface area contributed by atoms with Crippen molar-refractivity contribution in [2.75, 3.05) is 20.1 Å². The van der Waals surface area contributed by atoms with Crippen molar-refractivity contribution >= 4 is 0 Å². The average Bonchev–Trinajstić information content (AvgIpc) is 2.70. The zero-order chi connectivity index (χ0) is 11.4. The highest BCUT2D eigenvalue weighted by atomic mass is 15.1. The quantitative estimate of drug-likeness (QED) is 0.833. The second-order valence-electron chi connectivity index (χ2n) is 4.98.